The number of aryl methyl sites for hydroxylation is 4. The van der Waals surface area contributed by atoms with E-state index in [4.69, 9.17) is 0 Å². The molecule has 2 aromatic heterocycles. The molecular formula is C16H20N4OS. The molecule has 1 atom stereocenters. The van der Waals surface area contributed by atoms with Crippen LogP contribution >= 0.6 is 11.3 Å². The standard InChI is InChI=1S/C16H20N4OS/c1-9-13(8-17-10(2)19-9)16(21)18-7-12-5-4-6-14-15(12)20-11(3)22-14/h8,12H,4-7H2,1-3H3,(H,18,21)/t12-/m1/s1. The van der Waals surface area contributed by atoms with Crippen molar-refractivity contribution in [2.24, 2.45) is 0 Å². The second-order valence-corrected chi connectivity index (χ2v) is 7.04. The highest BCUT2D eigenvalue weighted by molar-refractivity contribution is 7.11. The fourth-order valence-corrected chi connectivity index (χ4v) is 4.01. The van der Waals surface area contributed by atoms with Crippen LogP contribution in [-0.4, -0.2) is 27.4 Å². The lowest BCUT2D eigenvalue weighted by Gasteiger charge is -2.21. The number of hydrogen-bond acceptors (Lipinski definition) is 5. The average molecular weight is 316 g/mol. The molecule has 0 unspecified atom stereocenters. The fraction of sp³-hybridized carbons (Fsp3) is 0.500. The second kappa shape index (κ2) is 6.12. The molecule has 0 bridgehead atoms. The van der Waals surface area contributed by atoms with Crippen LogP contribution in [0.4, 0.5) is 0 Å². The minimum absolute atomic E-state index is 0.100. The van der Waals surface area contributed by atoms with Gasteiger partial charge in [0.05, 0.1) is 22.0 Å². The number of fused-ring (bicyclic) bond motifs is 1. The van der Waals surface area contributed by atoms with E-state index in [-0.39, 0.29) is 5.91 Å². The zero-order valence-electron chi connectivity index (χ0n) is 13.1. The second-order valence-electron chi connectivity index (χ2n) is 5.76. The lowest BCUT2D eigenvalue weighted by Crippen LogP contribution is -2.30. The number of hydrogen-bond donors (Lipinski definition) is 1. The molecule has 1 N–H and O–H groups in total. The van der Waals surface area contributed by atoms with E-state index in [1.54, 1.807) is 17.5 Å². The molecule has 2 heterocycles. The monoisotopic (exact) mass is 316 g/mol. The van der Waals surface area contributed by atoms with Gasteiger partial charge in [-0.05, 0) is 40.0 Å². The molecule has 6 heteroatoms. The number of carbonyl (C=O) groups excluding carboxylic acids is 1. The normalized spacial score (nSPS) is 17.1. The SMILES string of the molecule is Cc1ncc(C(=O)NC[C@H]2CCCc3sc(C)nc32)c(C)n1. The van der Waals surface area contributed by atoms with E-state index < -0.39 is 0 Å². The third kappa shape index (κ3) is 3.02. The van der Waals surface area contributed by atoms with Crippen LogP contribution in [0.15, 0.2) is 6.20 Å². The summed E-state index contributed by atoms with van der Waals surface area (Å²) in [5.41, 5.74) is 2.46. The average Bonchev–Trinajstić information content (AvgIpc) is 2.85. The lowest BCUT2D eigenvalue weighted by molar-refractivity contribution is 0.0948. The van der Waals surface area contributed by atoms with Gasteiger partial charge in [-0.3, -0.25) is 4.79 Å². The molecule has 1 aliphatic rings. The Hall–Kier alpha value is -1.82. The first-order valence-electron chi connectivity index (χ1n) is 7.59. The summed E-state index contributed by atoms with van der Waals surface area (Å²) >= 11 is 1.78. The van der Waals surface area contributed by atoms with Gasteiger partial charge in [0.2, 0.25) is 0 Å². The van der Waals surface area contributed by atoms with Crippen molar-refractivity contribution in [3.8, 4) is 0 Å². The van der Waals surface area contributed by atoms with Crippen LogP contribution in [0.1, 0.15) is 56.2 Å². The van der Waals surface area contributed by atoms with Crippen molar-refractivity contribution in [2.75, 3.05) is 6.54 Å². The number of aromatic nitrogens is 3. The summed E-state index contributed by atoms with van der Waals surface area (Å²) in [6.07, 6.45) is 4.98. The Labute approximate surface area is 134 Å². The van der Waals surface area contributed by atoms with Crippen molar-refractivity contribution in [2.45, 2.75) is 46.0 Å². The highest BCUT2D eigenvalue weighted by Crippen LogP contribution is 2.34. The van der Waals surface area contributed by atoms with E-state index >= 15 is 0 Å². The first-order valence-corrected chi connectivity index (χ1v) is 8.41. The van der Waals surface area contributed by atoms with Gasteiger partial charge in [-0.2, -0.15) is 0 Å². The Morgan fingerprint density at radius 3 is 2.95 bits per heavy atom. The smallest absolute Gasteiger partial charge is 0.254 e. The highest BCUT2D eigenvalue weighted by atomic mass is 32.1. The van der Waals surface area contributed by atoms with Crippen molar-refractivity contribution >= 4 is 17.2 Å². The number of nitrogens with one attached hydrogen (secondary N) is 1. The Bertz CT molecular complexity index is 710. The number of rotatable bonds is 3. The van der Waals surface area contributed by atoms with Crippen molar-refractivity contribution in [3.05, 3.63) is 38.9 Å². The van der Waals surface area contributed by atoms with Crippen LogP contribution in [0, 0.1) is 20.8 Å². The van der Waals surface area contributed by atoms with Gasteiger partial charge in [-0.1, -0.05) is 0 Å². The molecule has 116 valence electrons. The van der Waals surface area contributed by atoms with E-state index in [0.29, 0.717) is 23.9 Å². The van der Waals surface area contributed by atoms with Gasteiger partial charge in [0.25, 0.3) is 5.91 Å². The van der Waals surface area contributed by atoms with E-state index in [9.17, 15) is 4.79 Å². The molecule has 0 aliphatic heterocycles. The molecule has 22 heavy (non-hydrogen) atoms. The first kappa shape index (κ1) is 15.1. The molecule has 0 saturated carbocycles. The number of nitrogens with zero attached hydrogens (tertiary/aromatic N) is 3. The summed E-state index contributed by atoms with van der Waals surface area (Å²) in [5.74, 6) is 0.907. The quantitative estimate of drug-likeness (QED) is 0.945. The number of carbonyl (C=O) groups is 1. The van der Waals surface area contributed by atoms with Crippen LogP contribution in [0.25, 0.3) is 0 Å². The van der Waals surface area contributed by atoms with Crippen molar-refractivity contribution < 1.29 is 4.79 Å². The predicted molar refractivity (Wildman–Crippen MR) is 86.4 cm³/mol. The summed E-state index contributed by atoms with van der Waals surface area (Å²) in [6.45, 7) is 6.34. The minimum atomic E-state index is -0.100. The van der Waals surface area contributed by atoms with Crippen LogP contribution in [0.3, 0.4) is 0 Å². The predicted octanol–water partition coefficient (Wildman–Crippen LogP) is 2.71. The van der Waals surface area contributed by atoms with Crippen LogP contribution in [-0.2, 0) is 6.42 Å². The van der Waals surface area contributed by atoms with Gasteiger partial charge < -0.3 is 5.32 Å². The van der Waals surface area contributed by atoms with Crippen LogP contribution < -0.4 is 5.32 Å². The van der Waals surface area contributed by atoms with E-state index in [1.165, 1.54) is 17.0 Å². The van der Waals surface area contributed by atoms with E-state index in [1.807, 2.05) is 20.8 Å². The van der Waals surface area contributed by atoms with Gasteiger partial charge in [-0.15, -0.1) is 11.3 Å². The van der Waals surface area contributed by atoms with Gasteiger partial charge in [0, 0.05) is 23.5 Å². The highest BCUT2D eigenvalue weighted by Gasteiger charge is 2.24. The molecule has 0 aromatic carbocycles. The zero-order valence-corrected chi connectivity index (χ0v) is 14.0. The summed E-state index contributed by atoms with van der Waals surface area (Å²) in [4.78, 5) is 26.7. The van der Waals surface area contributed by atoms with Crippen molar-refractivity contribution in [1.82, 2.24) is 20.3 Å². The third-order valence-electron chi connectivity index (χ3n) is 4.03. The molecule has 3 rings (SSSR count). The molecular weight excluding hydrogens is 296 g/mol. The molecule has 0 saturated heterocycles. The Kier molecular flexibility index (Phi) is 4.20. The van der Waals surface area contributed by atoms with Crippen molar-refractivity contribution in [3.63, 3.8) is 0 Å². The summed E-state index contributed by atoms with van der Waals surface area (Å²) in [6, 6.07) is 0. The minimum Gasteiger partial charge on any atom is -0.351 e. The zero-order chi connectivity index (χ0) is 15.7. The molecule has 5 nitrogen and oxygen atoms in total. The maximum Gasteiger partial charge on any atom is 0.254 e. The first-order chi connectivity index (χ1) is 10.5. The number of thiazole rings is 1. The van der Waals surface area contributed by atoms with Crippen molar-refractivity contribution in [1.29, 1.82) is 0 Å². The summed E-state index contributed by atoms with van der Waals surface area (Å²) < 4.78 is 0. The largest absolute Gasteiger partial charge is 0.351 e. The van der Waals surface area contributed by atoms with E-state index in [0.717, 1.165) is 23.5 Å². The molecule has 0 fully saturated rings. The van der Waals surface area contributed by atoms with Gasteiger partial charge in [0.15, 0.2) is 0 Å². The third-order valence-corrected chi connectivity index (χ3v) is 5.08. The summed E-state index contributed by atoms with van der Waals surface area (Å²) in [5, 5.41) is 4.14. The number of amides is 1. The van der Waals surface area contributed by atoms with Gasteiger partial charge in [0.1, 0.15) is 5.82 Å². The fourth-order valence-electron chi connectivity index (χ4n) is 2.95. The molecule has 0 spiro atoms. The molecule has 1 amide bonds. The summed E-state index contributed by atoms with van der Waals surface area (Å²) in [7, 11) is 0. The van der Waals surface area contributed by atoms with E-state index in [2.05, 4.69) is 20.3 Å². The maximum atomic E-state index is 12.3. The topological polar surface area (TPSA) is 67.8 Å². The molecule has 2 aromatic rings. The lowest BCUT2D eigenvalue weighted by atomic mass is 9.91. The van der Waals surface area contributed by atoms with Crippen LogP contribution in [0.2, 0.25) is 0 Å². The Morgan fingerprint density at radius 1 is 1.36 bits per heavy atom. The van der Waals surface area contributed by atoms with Crippen LogP contribution in [0.5, 0.6) is 0 Å². The maximum absolute atomic E-state index is 12.3. The Morgan fingerprint density at radius 2 is 2.18 bits per heavy atom. The Balaban J connectivity index is 1.69. The van der Waals surface area contributed by atoms with Gasteiger partial charge >= 0.3 is 0 Å². The molecule has 1 aliphatic carbocycles. The van der Waals surface area contributed by atoms with Gasteiger partial charge in [-0.25, -0.2) is 15.0 Å². The molecule has 0 radical (unpaired) electrons.